The Labute approximate surface area is 107 Å². The summed E-state index contributed by atoms with van der Waals surface area (Å²) in [7, 11) is 0. The lowest BCUT2D eigenvalue weighted by atomic mass is 9.77. The van der Waals surface area contributed by atoms with Gasteiger partial charge >= 0.3 is 0 Å². The largest absolute Gasteiger partial charge is 0.330 e. The van der Waals surface area contributed by atoms with E-state index in [0.717, 1.165) is 36.3 Å². The third kappa shape index (κ3) is 3.03. The van der Waals surface area contributed by atoms with E-state index in [1.807, 2.05) is 0 Å². The molecule has 100 valence electrons. The number of rotatable bonds is 2. The Morgan fingerprint density at radius 1 is 1.06 bits per heavy atom. The summed E-state index contributed by atoms with van der Waals surface area (Å²) in [6.07, 6.45) is 5.61. The molecule has 0 aromatic carbocycles. The molecule has 5 atom stereocenters. The number of nitrogens with zero attached hydrogens (tertiary/aromatic N) is 1. The van der Waals surface area contributed by atoms with Gasteiger partial charge in [0.25, 0.3) is 0 Å². The average Bonchev–Trinajstić information content (AvgIpc) is 2.33. The Hall–Kier alpha value is -0.0800. The Bertz CT molecular complexity index is 241. The lowest BCUT2D eigenvalue weighted by molar-refractivity contribution is 0.0357. The summed E-state index contributed by atoms with van der Waals surface area (Å²) in [5.74, 6) is 3.37. The van der Waals surface area contributed by atoms with Crippen molar-refractivity contribution in [1.82, 2.24) is 4.90 Å². The highest BCUT2D eigenvalue weighted by Crippen LogP contribution is 2.34. The lowest BCUT2D eigenvalue weighted by Crippen LogP contribution is -2.51. The molecule has 17 heavy (non-hydrogen) atoms. The number of likely N-dealkylation sites (tertiary alicyclic amines) is 1. The van der Waals surface area contributed by atoms with Crippen molar-refractivity contribution in [2.75, 3.05) is 19.6 Å². The first-order valence-electron chi connectivity index (χ1n) is 7.56. The van der Waals surface area contributed by atoms with E-state index in [1.54, 1.807) is 0 Å². The van der Waals surface area contributed by atoms with E-state index < -0.39 is 0 Å². The van der Waals surface area contributed by atoms with E-state index in [4.69, 9.17) is 5.73 Å². The molecule has 1 saturated carbocycles. The first-order chi connectivity index (χ1) is 8.11. The molecular weight excluding hydrogens is 208 g/mol. The zero-order valence-corrected chi connectivity index (χ0v) is 11.9. The van der Waals surface area contributed by atoms with Gasteiger partial charge in [-0.25, -0.2) is 0 Å². The number of piperidine rings is 1. The van der Waals surface area contributed by atoms with Gasteiger partial charge < -0.3 is 5.73 Å². The number of hydrogen-bond donors (Lipinski definition) is 1. The topological polar surface area (TPSA) is 29.3 Å². The summed E-state index contributed by atoms with van der Waals surface area (Å²) < 4.78 is 0. The maximum Gasteiger partial charge on any atom is 0.0123 e. The van der Waals surface area contributed by atoms with Gasteiger partial charge in [-0.05, 0) is 56.0 Å². The Morgan fingerprint density at radius 2 is 1.82 bits per heavy atom. The molecule has 1 aliphatic carbocycles. The van der Waals surface area contributed by atoms with Crippen LogP contribution < -0.4 is 5.73 Å². The van der Waals surface area contributed by atoms with Crippen molar-refractivity contribution in [1.29, 1.82) is 0 Å². The third-order valence-electron chi connectivity index (χ3n) is 5.33. The van der Waals surface area contributed by atoms with Gasteiger partial charge in [0.05, 0.1) is 0 Å². The Balaban J connectivity index is 1.96. The summed E-state index contributed by atoms with van der Waals surface area (Å²) in [6.45, 7) is 10.7. The molecule has 2 fully saturated rings. The van der Waals surface area contributed by atoms with Crippen molar-refractivity contribution in [3.8, 4) is 0 Å². The molecule has 2 heteroatoms. The van der Waals surface area contributed by atoms with Gasteiger partial charge in [-0.1, -0.05) is 27.2 Å². The summed E-state index contributed by atoms with van der Waals surface area (Å²) in [5.41, 5.74) is 5.92. The van der Waals surface area contributed by atoms with Crippen LogP contribution in [0.15, 0.2) is 0 Å². The molecule has 0 aromatic heterocycles. The van der Waals surface area contributed by atoms with Crippen LogP contribution in [0.25, 0.3) is 0 Å². The first kappa shape index (κ1) is 13.4. The Morgan fingerprint density at radius 3 is 2.53 bits per heavy atom. The second kappa shape index (κ2) is 5.71. The summed E-state index contributed by atoms with van der Waals surface area (Å²) >= 11 is 0. The van der Waals surface area contributed by atoms with E-state index in [-0.39, 0.29) is 0 Å². The smallest absolute Gasteiger partial charge is 0.0123 e. The van der Waals surface area contributed by atoms with Gasteiger partial charge in [-0.2, -0.15) is 0 Å². The molecule has 5 unspecified atom stereocenters. The first-order valence-corrected chi connectivity index (χ1v) is 7.56. The number of hydrogen-bond acceptors (Lipinski definition) is 2. The second-order valence-electron chi connectivity index (χ2n) is 6.72. The van der Waals surface area contributed by atoms with Gasteiger partial charge in [-0.15, -0.1) is 0 Å². The molecule has 2 N–H and O–H groups in total. The Kier molecular flexibility index (Phi) is 4.48. The molecule has 1 heterocycles. The SMILES string of the molecule is CC1CCC(C)C(N2CCC(C)C(CN)C2)C1. The molecule has 2 aliphatic rings. The molecule has 0 amide bonds. The van der Waals surface area contributed by atoms with Gasteiger partial charge in [0.15, 0.2) is 0 Å². The highest BCUT2D eigenvalue weighted by atomic mass is 15.2. The maximum atomic E-state index is 5.92. The highest BCUT2D eigenvalue weighted by molar-refractivity contribution is 4.88. The normalized spacial score (nSPS) is 44.8. The molecular formula is C15H30N2. The van der Waals surface area contributed by atoms with Crippen LogP contribution in [0, 0.1) is 23.7 Å². The van der Waals surface area contributed by atoms with E-state index in [9.17, 15) is 0 Å². The van der Waals surface area contributed by atoms with Crippen LogP contribution in [0.4, 0.5) is 0 Å². The molecule has 1 aliphatic heterocycles. The molecule has 0 radical (unpaired) electrons. The van der Waals surface area contributed by atoms with Gasteiger partial charge in [0.1, 0.15) is 0 Å². The monoisotopic (exact) mass is 238 g/mol. The van der Waals surface area contributed by atoms with Gasteiger partial charge in [0.2, 0.25) is 0 Å². The number of nitrogens with two attached hydrogens (primary N) is 1. The minimum Gasteiger partial charge on any atom is -0.330 e. The van der Waals surface area contributed by atoms with Crippen LogP contribution in [0.1, 0.15) is 46.5 Å². The fraction of sp³-hybridized carbons (Fsp3) is 1.00. The van der Waals surface area contributed by atoms with E-state index in [2.05, 4.69) is 25.7 Å². The summed E-state index contributed by atoms with van der Waals surface area (Å²) in [4.78, 5) is 2.76. The fourth-order valence-electron chi connectivity index (χ4n) is 3.80. The van der Waals surface area contributed by atoms with Gasteiger partial charge in [-0.3, -0.25) is 4.90 Å². The molecule has 1 saturated heterocycles. The zero-order valence-electron chi connectivity index (χ0n) is 11.9. The fourth-order valence-corrected chi connectivity index (χ4v) is 3.80. The van der Waals surface area contributed by atoms with Gasteiger partial charge in [0, 0.05) is 12.6 Å². The van der Waals surface area contributed by atoms with Crippen LogP contribution in [0.5, 0.6) is 0 Å². The third-order valence-corrected chi connectivity index (χ3v) is 5.33. The molecule has 0 aromatic rings. The van der Waals surface area contributed by atoms with Crippen LogP contribution in [0.3, 0.4) is 0 Å². The van der Waals surface area contributed by atoms with Crippen molar-refractivity contribution in [3.63, 3.8) is 0 Å². The lowest BCUT2D eigenvalue weighted by Gasteiger charge is -2.46. The van der Waals surface area contributed by atoms with Crippen molar-refractivity contribution in [3.05, 3.63) is 0 Å². The van der Waals surface area contributed by atoms with Crippen LogP contribution in [-0.4, -0.2) is 30.6 Å². The minimum atomic E-state index is 0.730. The predicted octanol–water partition coefficient (Wildman–Crippen LogP) is 2.73. The quantitative estimate of drug-likeness (QED) is 0.801. The van der Waals surface area contributed by atoms with Crippen molar-refractivity contribution in [2.45, 2.75) is 52.5 Å². The molecule has 0 spiro atoms. The zero-order chi connectivity index (χ0) is 12.4. The predicted molar refractivity (Wildman–Crippen MR) is 73.9 cm³/mol. The highest BCUT2D eigenvalue weighted by Gasteiger charge is 2.34. The molecule has 2 nitrogen and oxygen atoms in total. The van der Waals surface area contributed by atoms with Crippen LogP contribution in [-0.2, 0) is 0 Å². The van der Waals surface area contributed by atoms with Crippen molar-refractivity contribution < 1.29 is 0 Å². The van der Waals surface area contributed by atoms with E-state index >= 15 is 0 Å². The van der Waals surface area contributed by atoms with Crippen molar-refractivity contribution >= 4 is 0 Å². The molecule has 0 bridgehead atoms. The van der Waals surface area contributed by atoms with E-state index in [0.29, 0.717) is 0 Å². The average molecular weight is 238 g/mol. The standard InChI is InChI=1S/C15H30N2/c1-11-4-5-13(3)15(8-11)17-7-6-12(2)14(9-16)10-17/h11-15H,4-10,16H2,1-3H3. The van der Waals surface area contributed by atoms with E-state index in [1.165, 1.54) is 38.8 Å². The molecule has 2 rings (SSSR count). The maximum absolute atomic E-state index is 5.92. The summed E-state index contributed by atoms with van der Waals surface area (Å²) in [6, 6.07) is 0.834. The van der Waals surface area contributed by atoms with Crippen LogP contribution in [0.2, 0.25) is 0 Å². The summed E-state index contributed by atoms with van der Waals surface area (Å²) in [5, 5.41) is 0. The van der Waals surface area contributed by atoms with Crippen LogP contribution >= 0.6 is 0 Å². The second-order valence-corrected chi connectivity index (χ2v) is 6.72. The minimum absolute atomic E-state index is 0.730. The van der Waals surface area contributed by atoms with Crippen molar-refractivity contribution in [2.24, 2.45) is 29.4 Å².